The Labute approximate surface area is 163 Å². The number of carbonyl (C=O) groups excluding carboxylic acids is 2. The molecule has 0 bridgehead atoms. The zero-order valence-corrected chi connectivity index (χ0v) is 16.0. The molecule has 0 aliphatic carbocycles. The van der Waals surface area contributed by atoms with Gasteiger partial charge in [-0.25, -0.2) is 4.79 Å². The van der Waals surface area contributed by atoms with Gasteiger partial charge in [0.2, 0.25) is 0 Å². The number of hydrogen-bond donors (Lipinski definition) is 1. The fourth-order valence-corrected chi connectivity index (χ4v) is 2.31. The molecule has 0 aromatic heterocycles. The Bertz CT molecular complexity index is 776. The van der Waals surface area contributed by atoms with Crippen LogP contribution >= 0.6 is 11.6 Å². The van der Waals surface area contributed by atoms with Gasteiger partial charge in [0.05, 0.1) is 18.8 Å². The normalized spacial score (nSPS) is 10.2. The molecule has 0 saturated carbocycles. The number of benzene rings is 2. The number of carbonyl (C=O) groups is 2. The minimum atomic E-state index is -0.621. The second-order valence-electron chi connectivity index (χ2n) is 5.57. The van der Waals surface area contributed by atoms with Gasteiger partial charge in [-0.3, -0.25) is 4.79 Å². The van der Waals surface area contributed by atoms with E-state index in [4.69, 9.17) is 25.8 Å². The van der Waals surface area contributed by atoms with Crippen LogP contribution in [0, 0.1) is 0 Å². The smallest absolute Gasteiger partial charge is 0.338 e. The van der Waals surface area contributed by atoms with Gasteiger partial charge in [-0.05, 0) is 55.8 Å². The molecule has 7 heteroatoms. The minimum absolute atomic E-state index is 0.279. The number of rotatable bonds is 9. The van der Waals surface area contributed by atoms with Gasteiger partial charge in [0.1, 0.15) is 0 Å². The molecule has 144 valence electrons. The second-order valence-corrected chi connectivity index (χ2v) is 6.01. The van der Waals surface area contributed by atoms with Gasteiger partial charge in [-0.2, -0.15) is 0 Å². The summed E-state index contributed by atoms with van der Waals surface area (Å²) in [6, 6.07) is 11.4. The van der Waals surface area contributed by atoms with Crippen molar-refractivity contribution < 1.29 is 23.8 Å². The van der Waals surface area contributed by atoms with Crippen molar-refractivity contribution in [2.75, 3.05) is 25.1 Å². The molecule has 2 rings (SSSR count). The largest absolute Gasteiger partial charge is 0.490 e. The van der Waals surface area contributed by atoms with Crippen LogP contribution < -0.4 is 14.8 Å². The molecule has 2 aromatic rings. The van der Waals surface area contributed by atoms with Gasteiger partial charge in [-0.1, -0.05) is 18.5 Å². The van der Waals surface area contributed by atoms with Crippen molar-refractivity contribution in [1.29, 1.82) is 0 Å². The van der Waals surface area contributed by atoms with E-state index in [0.717, 1.165) is 6.42 Å². The Morgan fingerprint density at radius 2 is 1.74 bits per heavy atom. The summed E-state index contributed by atoms with van der Waals surface area (Å²) >= 11 is 5.79. The van der Waals surface area contributed by atoms with Crippen molar-refractivity contribution in [2.24, 2.45) is 0 Å². The molecule has 0 saturated heterocycles. The molecule has 27 heavy (non-hydrogen) atoms. The molecule has 1 amide bonds. The third kappa shape index (κ3) is 6.49. The van der Waals surface area contributed by atoms with Gasteiger partial charge in [0.15, 0.2) is 18.1 Å². The van der Waals surface area contributed by atoms with Crippen LogP contribution in [0.25, 0.3) is 0 Å². The number of halogens is 1. The monoisotopic (exact) mass is 391 g/mol. The van der Waals surface area contributed by atoms with Gasteiger partial charge in [0.25, 0.3) is 5.91 Å². The maximum Gasteiger partial charge on any atom is 0.338 e. The molecule has 0 aliphatic rings. The molecular formula is C20H22ClNO5. The average molecular weight is 392 g/mol. The van der Waals surface area contributed by atoms with Crippen LogP contribution in [0.2, 0.25) is 5.02 Å². The van der Waals surface area contributed by atoms with E-state index in [9.17, 15) is 9.59 Å². The number of anilines is 1. The lowest BCUT2D eigenvalue weighted by Crippen LogP contribution is -2.21. The molecule has 0 fully saturated rings. The first-order valence-corrected chi connectivity index (χ1v) is 9.03. The van der Waals surface area contributed by atoms with E-state index in [0.29, 0.717) is 35.4 Å². The molecule has 0 heterocycles. The van der Waals surface area contributed by atoms with E-state index in [-0.39, 0.29) is 5.56 Å². The first-order chi connectivity index (χ1) is 13.0. The van der Waals surface area contributed by atoms with Crippen molar-refractivity contribution in [3.8, 4) is 11.5 Å². The maximum atomic E-state index is 12.2. The molecule has 0 radical (unpaired) electrons. The molecule has 6 nitrogen and oxygen atoms in total. The van der Waals surface area contributed by atoms with Crippen molar-refractivity contribution in [3.05, 3.63) is 53.1 Å². The third-order valence-electron chi connectivity index (χ3n) is 3.40. The van der Waals surface area contributed by atoms with Crippen molar-refractivity contribution >= 4 is 29.2 Å². The summed E-state index contributed by atoms with van der Waals surface area (Å²) in [7, 11) is 0. The Kier molecular flexibility index (Phi) is 7.95. The molecule has 0 atom stereocenters. The predicted octanol–water partition coefficient (Wildman–Crippen LogP) is 4.32. The molecule has 0 unspecified atom stereocenters. The van der Waals surface area contributed by atoms with E-state index in [1.807, 2.05) is 13.8 Å². The van der Waals surface area contributed by atoms with Crippen LogP contribution in [0.1, 0.15) is 30.6 Å². The van der Waals surface area contributed by atoms with Crippen molar-refractivity contribution in [1.82, 2.24) is 0 Å². The highest BCUT2D eigenvalue weighted by molar-refractivity contribution is 6.30. The van der Waals surface area contributed by atoms with E-state index < -0.39 is 18.5 Å². The van der Waals surface area contributed by atoms with E-state index >= 15 is 0 Å². The van der Waals surface area contributed by atoms with Crippen LogP contribution in [0.4, 0.5) is 5.69 Å². The van der Waals surface area contributed by atoms with Crippen LogP contribution in [0.3, 0.4) is 0 Å². The fourth-order valence-electron chi connectivity index (χ4n) is 2.18. The zero-order valence-electron chi connectivity index (χ0n) is 15.3. The second kappa shape index (κ2) is 10.4. The standard InChI is InChI=1S/C20H22ClNO5/c1-3-11-26-17-10-5-14(12-18(17)25-4-2)20(24)27-13-19(23)22-16-8-6-15(21)7-9-16/h5-10,12H,3-4,11,13H2,1-2H3,(H,22,23). The zero-order chi connectivity index (χ0) is 19.6. The quantitative estimate of drug-likeness (QED) is 0.644. The van der Waals surface area contributed by atoms with Crippen molar-refractivity contribution in [2.45, 2.75) is 20.3 Å². The summed E-state index contributed by atoms with van der Waals surface area (Å²) in [4.78, 5) is 24.1. The lowest BCUT2D eigenvalue weighted by atomic mass is 10.2. The van der Waals surface area contributed by atoms with Crippen LogP contribution in [-0.2, 0) is 9.53 Å². The van der Waals surface area contributed by atoms with Crippen molar-refractivity contribution in [3.63, 3.8) is 0 Å². The summed E-state index contributed by atoms with van der Waals surface area (Å²) in [5, 5.41) is 3.19. The summed E-state index contributed by atoms with van der Waals surface area (Å²) in [6.07, 6.45) is 0.859. The van der Waals surface area contributed by atoms with Crippen LogP contribution in [0.5, 0.6) is 11.5 Å². The number of amides is 1. The lowest BCUT2D eigenvalue weighted by molar-refractivity contribution is -0.119. The molecule has 1 N–H and O–H groups in total. The number of nitrogens with one attached hydrogen (secondary N) is 1. The Morgan fingerprint density at radius 1 is 1.00 bits per heavy atom. The van der Waals surface area contributed by atoms with Crippen LogP contribution in [-0.4, -0.2) is 31.7 Å². The maximum absolute atomic E-state index is 12.2. The number of esters is 1. The highest BCUT2D eigenvalue weighted by Crippen LogP contribution is 2.29. The SMILES string of the molecule is CCCOc1ccc(C(=O)OCC(=O)Nc2ccc(Cl)cc2)cc1OCC. The average Bonchev–Trinajstić information content (AvgIpc) is 2.67. The van der Waals surface area contributed by atoms with Gasteiger partial charge >= 0.3 is 5.97 Å². The Balaban J connectivity index is 1.95. The third-order valence-corrected chi connectivity index (χ3v) is 3.66. The van der Waals surface area contributed by atoms with Crippen LogP contribution in [0.15, 0.2) is 42.5 Å². The lowest BCUT2D eigenvalue weighted by Gasteiger charge is -2.13. The highest BCUT2D eigenvalue weighted by atomic mass is 35.5. The van der Waals surface area contributed by atoms with Gasteiger partial charge in [0, 0.05) is 10.7 Å². The summed E-state index contributed by atoms with van der Waals surface area (Å²) in [5.41, 5.74) is 0.845. The summed E-state index contributed by atoms with van der Waals surface area (Å²) in [6.45, 7) is 4.43. The first kappa shape index (κ1) is 20.6. The number of hydrogen-bond acceptors (Lipinski definition) is 5. The highest BCUT2D eigenvalue weighted by Gasteiger charge is 2.14. The molecule has 2 aromatic carbocycles. The Morgan fingerprint density at radius 3 is 2.41 bits per heavy atom. The summed E-state index contributed by atoms with van der Waals surface area (Å²) < 4.78 is 16.2. The molecule has 0 aliphatic heterocycles. The number of ether oxygens (including phenoxy) is 3. The predicted molar refractivity (Wildman–Crippen MR) is 104 cm³/mol. The van der Waals surface area contributed by atoms with Gasteiger partial charge in [-0.15, -0.1) is 0 Å². The van der Waals surface area contributed by atoms with Gasteiger partial charge < -0.3 is 19.5 Å². The van der Waals surface area contributed by atoms with E-state index in [1.54, 1.807) is 42.5 Å². The minimum Gasteiger partial charge on any atom is -0.490 e. The fraction of sp³-hybridized carbons (Fsp3) is 0.300. The molecular weight excluding hydrogens is 370 g/mol. The Hall–Kier alpha value is -2.73. The van der Waals surface area contributed by atoms with E-state index in [1.165, 1.54) is 0 Å². The summed E-state index contributed by atoms with van der Waals surface area (Å²) in [5.74, 6) is -0.0374. The molecule has 0 spiro atoms. The first-order valence-electron chi connectivity index (χ1n) is 8.65. The van der Waals surface area contributed by atoms with E-state index in [2.05, 4.69) is 5.32 Å². The topological polar surface area (TPSA) is 73.9 Å².